The number of pyridine rings is 1. The van der Waals surface area contributed by atoms with Crippen LogP contribution in [0.25, 0.3) is 22.5 Å². The molecule has 0 radical (unpaired) electrons. The van der Waals surface area contributed by atoms with E-state index in [-0.39, 0.29) is 5.91 Å². The zero-order chi connectivity index (χ0) is 24.3. The van der Waals surface area contributed by atoms with Gasteiger partial charge in [-0.25, -0.2) is 13.6 Å². The Morgan fingerprint density at radius 1 is 1.12 bits per heavy atom. The maximum atomic E-state index is 14.0. The van der Waals surface area contributed by atoms with Gasteiger partial charge in [-0.2, -0.15) is 13.2 Å². The molecule has 0 spiro atoms. The van der Waals surface area contributed by atoms with Crippen molar-refractivity contribution in [2.75, 3.05) is 13.7 Å². The molecule has 3 heterocycles. The second-order valence-electron chi connectivity index (χ2n) is 6.79. The Labute approximate surface area is 183 Å². The van der Waals surface area contributed by atoms with Gasteiger partial charge in [-0.15, -0.1) is 0 Å². The van der Waals surface area contributed by atoms with Crippen LogP contribution in [0.15, 0.2) is 36.5 Å². The summed E-state index contributed by atoms with van der Waals surface area (Å²) >= 11 is 0. The fourth-order valence-electron chi connectivity index (χ4n) is 3.11. The smallest absolute Gasteiger partial charge is 0.490 e. The predicted molar refractivity (Wildman–Crippen MR) is 106 cm³/mol. The summed E-state index contributed by atoms with van der Waals surface area (Å²) in [5.74, 6) is -4.87. The highest BCUT2D eigenvalue weighted by Gasteiger charge is 2.38. The van der Waals surface area contributed by atoms with Crippen molar-refractivity contribution in [1.29, 1.82) is 0 Å². The Bertz CT molecular complexity index is 1180. The van der Waals surface area contributed by atoms with Gasteiger partial charge in [-0.3, -0.25) is 9.78 Å². The van der Waals surface area contributed by atoms with Crippen molar-refractivity contribution < 1.29 is 41.4 Å². The Morgan fingerprint density at radius 2 is 1.76 bits per heavy atom. The van der Waals surface area contributed by atoms with E-state index in [4.69, 9.17) is 14.6 Å². The standard InChI is InChI=1S/C19H15F2N3O2.C2HF3O2/c1-26-18-13(20)6-11(7-14(18)21)16-8-10(2-4-22-16)17-9-12-15(24-17)3-5-23-19(12)25;3-2(4,5)1(6)7/h2,4,6-9,24H,3,5H2,1H3,(H,23,25);(H,6,7). The maximum absolute atomic E-state index is 14.0. The van der Waals surface area contributed by atoms with Crippen molar-refractivity contribution in [3.05, 3.63) is 59.4 Å². The van der Waals surface area contributed by atoms with Gasteiger partial charge in [0.2, 0.25) is 0 Å². The highest BCUT2D eigenvalue weighted by molar-refractivity contribution is 5.97. The van der Waals surface area contributed by atoms with Crippen LogP contribution < -0.4 is 10.1 Å². The zero-order valence-electron chi connectivity index (χ0n) is 16.9. The van der Waals surface area contributed by atoms with Gasteiger partial charge in [-0.1, -0.05) is 0 Å². The number of H-pyrrole nitrogens is 1. The van der Waals surface area contributed by atoms with Crippen molar-refractivity contribution in [2.24, 2.45) is 0 Å². The van der Waals surface area contributed by atoms with Gasteiger partial charge in [-0.05, 0) is 30.3 Å². The Morgan fingerprint density at radius 3 is 2.30 bits per heavy atom. The number of hydrogen-bond donors (Lipinski definition) is 3. The van der Waals surface area contributed by atoms with Gasteiger partial charge < -0.3 is 20.1 Å². The zero-order valence-corrected chi connectivity index (χ0v) is 16.9. The number of aromatic amines is 1. The van der Waals surface area contributed by atoms with Crippen molar-refractivity contribution in [3.8, 4) is 28.3 Å². The average Bonchev–Trinajstić information content (AvgIpc) is 3.19. The molecule has 3 N–H and O–H groups in total. The lowest BCUT2D eigenvalue weighted by atomic mass is 10.1. The SMILES string of the molecule is COc1c(F)cc(-c2cc(-c3cc4c([nH]3)CCNC4=O)ccn2)cc1F.O=C(O)C(F)(F)F. The largest absolute Gasteiger partial charge is 0.491 e. The first-order chi connectivity index (χ1) is 15.5. The van der Waals surface area contributed by atoms with Crippen molar-refractivity contribution in [1.82, 2.24) is 15.3 Å². The molecule has 7 nitrogen and oxygen atoms in total. The molecular weight excluding hydrogens is 453 g/mol. The molecule has 33 heavy (non-hydrogen) atoms. The summed E-state index contributed by atoms with van der Waals surface area (Å²) in [6.07, 6.45) is -2.79. The molecule has 2 aromatic heterocycles. The number of nitrogens with zero attached hydrogens (tertiary/aromatic N) is 1. The minimum absolute atomic E-state index is 0.109. The highest BCUT2D eigenvalue weighted by Crippen LogP contribution is 2.30. The number of carbonyl (C=O) groups is 2. The summed E-state index contributed by atoms with van der Waals surface area (Å²) in [7, 11) is 1.21. The van der Waals surface area contributed by atoms with Crippen LogP contribution >= 0.6 is 0 Å². The number of carbonyl (C=O) groups excluding carboxylic acids is 1. The molecule has 0 fully saturated rings. The minimum Gasteiger partial charge on any atom is -0.491 e. The molecule has 0 bridgehead atoms. The lowest BCUT2D eigenvalue weighted by molar-refractivity contribution is -0.192. The van der Waals surface area contributed by atoms with Crippen LogP contribution in [0.4, 0.5) is 22.0 Å². The molecule has 0 unspecified atom stereocenters. The van der Waals surface area contributed by atoms with E-state index in [0.29, 0.717) is 23.4 Å². The van der Waals surface area contributed by atoms with Crippen LogP contribution in [0.3, 0.4) is 0 Å². The number of nitrogens with one attached hydrogen (secondary N) is 2. The topological polar surface area (TPSA) is 104 Å². The Hall–Kier alpha value is -3.96. The van der Waals surface area contributed by atoms with E-state index < -0.39 is 29.5 Å². The number of rotatable bonds is 3. The van der Waals surface area contributed by atoms with E-state index in [2.05, 4.69) is 15.3 Å². The predicted octanol–water partition coefficient (Wildman–Crippen LogP) is 3.95. The minimum atomic E-state index is -5.08. The molecule has 0 aliphatic carbocycles. The van der Waals surface area contributed by atoms with Gasteiger partial charge in [0, 0.05) is 41.7 Å². The van der Waals surface area contributed by atoms with Crippen molar-refractivity contribution in [2.45, 2.75) is 12.6 Å². The number of hydrogen-bond acceptors (Lipinski definition) is 4. The molecule has 1 aromatic carbocycles. The lowest BCUT2D eigenvalue weighted by Gasteiger charge is -2.11. The second-order valence-corrected chi connectivity index (χ2v) is 6.79. The summed E-state index contributed by atoms with van der Waals surface area (Å²) < 4.78 is 64.4. The number of halogens is 5. The number of benzene rings is 1. The molecule has 4 rings (SSSR count). The Balaban J connectivity index is 0.000000383. The van der Waals surface area contributed by atoms with Crippen molar-refractivity contribution >= 4 is 11.9 Å². The number of methoxy groups -OCH3 is 1. The molecule has 1 amide bonds. The van der Waals surface area contributed by atoms with E-state index >= 15 is 0 Å². The van der Waals surface area contributed by atoms with Gasteiger partial charge in [0.1, 0.15) is 0 Å². The van der Waals surface area contributed by atoms with E-state index in [9.17, 15) is 26.7 Å². The number of aromatic nitrogens is 2. The summed E-state index contributed by atoms with van der Waals surface area (Å²) in [6.45, 7) is 0.595. The normalized spacial score (nSPS) is 12.8. The number of amides is 1. The van der Waals surface area contributed by atoms with Gasteiger partial charge in [0.25, 0.3) is 5.91 Å². The number of ether oxygens (including phenoxy) is 1. The molecule has 1 aliphatic rings. The van der Waals surface area contributed by atoms with E-state index in [0.717, 1.165) is 23.4 Å². The molecule has 0 saturated heterocycles. The van der Waals surface area contributed by atoms with E-state index in [1.807, 2.05) is 0 Å². The van der Waals surface area contributed by atoms with E-state index in [1.54, 1.807) is 24.4 Å². The molecule has 0 atom stereocenters. The first kappa shape index (κ1) is 23.7. The number of carboxylic acid groups (broad SMARTS) is 1. The van der Waals surface area contributed by atoms with Crippen LogP contribution in [0.1, 0.15) is 16.1 Å². The summed E-state index contributed by atoms with van der Waals surface area (Å²) in [4.78, 5) is 28.3. The molecule has 0 saturated carbocycles. The van der Waals surface area contributed by atoms with E-state index in [1.165, 1.54) is 19.2 Å². The summed E-state index contributed by atoms with van der Waals surface area (Å²) in [6, 6.07) is 7.63. The van der Waals surface area contributed by atoms with Crippen LogP contribution in [-0.2, 0) is 11.2 Å². The fraction of sp³-hybridized carbons (Fsp3) is 0.190. The second kappa shape index (κ2) is 9.27. The third-order valence-corrected chi connectivity index (χ3v) is 4.62. The number of aliphatic carboxylic acids is 1. The van der Waals surface area contributed by atoms with Gasteiger partial charge >= 0.3 is 12.1 Å². The monoisotopic (exact) mass is 469 g/mol. The molecule has 12 heteroatoms. The summed E-state index contributed by atoms with van der Waals surface area (Å²) in [5.41, 5.74) is 3.74. The highest BCUT2D eigenvalue weighted by atomic mass is 19.4. The van der Waals surface area contributed by atoms with Crippen LogP contribution in [0, 0.1) is 11.6 Å². The number of carboxylic acids is 1. The maximum Gasteiger partial charge on any atom is 0.490 e. The first-order valence-corrected chi connectivity index (χ1v) is 9.31. The van der Waals surface area contributed by atoms with Gasteiger partial charge in [0.15, 0.2) is 17.4 Å². The molecular formula is C21H16F5N3O4. The Kier molecular flexibility index (Phi) is 6.65. The van der Waals surface area contributed by atoms with Gasteiger partial charge in [0.05, 0.1) is 18.4 Å². The lowest BCUT2D eigenvalue weighted by Crippen LogP contribution is -2.31. The molecule has 3 aromatic rings. The first-order valence-electron chi connectivity index (χ1n) is 9.31. The third-order valence-electron chi connectivity index (χ3n) is 4.62. The summed E-state index contributed by atoms with van der Waals surface area (Å²) in [5, 5.41) is 9.92. The number of alkyl halides is 3. The third kappa shape index (κ3) is 5.27. The van der Waals surface area contributed by atoms with Crippen LogP contribution in [0.5, 0.6) is 5.75 Å². The fourth-order valence-corrected chi connectivity index (χ4v) is 3.11. The van der Waals surface area contributed by atoms with Crippen LogP contribution in [-0.4, -0.2) is 46.8 Å². The quantitative estimate of drug-likeness (QED) is 0.504. The van der Waals surface area contributed by atoms with Crippen LogP contribution in [0.2, 0.25) is 0 Å². The molecule has 174 valence electrons. The average molecular weight is 469 g/mol. The molecule has 1 aliphatic heterocycles. The van der Waals surface area contributed by atoms with Crippen molar-refractivity contribution in [3.63, 3.8) is 0 Å². The number of fused-ring (bicyclic) bond motifs is 1.